The average molecular weight is 146 g/mol. The summed E-state index contributed by atoms with van der Waals surface area (Å²) in [6.07, 6.45) is 3.95. The molecule has 0 fully saturated rings. The van der Waals surface area contributed by atoms with Crippen LogP contribution >= 0.6 is 0 Å². The SMILES string of the molecule is Cc1ncc2cccn2c1C. The van der Waals surface area contributed by atoms with Crippen LogP contribution in [-0.2, 0) is 0 Å². The minimum atomic E-state index is 1.09. The van der Waals surface area contributed by atoms with Crippen LogP contribution in [-0.4, -0.2) is 9.38 Å². The molecule has 0 radical (unpaired) electrons. The third kappa shape index (κ3) is 0.827. The van der Waals surface area contributed by atoms with Gasteiger partial charge in [0.1, 0.15) is 0 Å². The van der Waals surface area contributed by atoms with E-state index < -0.39 is 0 Å². The highest BCUT2D eigenvalue weighted by Crippen LogP contribution is 2.08. The molecule has 0 aliphatic heterocycles. The molecule has 0 spiro atoms. The van der Waals surface area contributed by atoms with E-state index in [4.69, 9.17) is 0 Å². The predicted octanol–water partition coefficient (Wildman–Crippen LogP) is 1.95. The van der Waals surface area contributed by atoms with Crippen molar-refractivity contribution in [2.75, 3.05) is 0 Å². The molecule has 2 nitrogen and oxygen atoms in total. The molecule has 2 aromatic heterocycles. The highest BCUT2D eigenvalue weighted by atomic mass is 14.9. The maximum Gasteiger partial charge on any atom is 0.0636 e. The first-order valence-electron chi connectivity index (χ1n) is 3.68. The smallest absolute Gasteiger partial charge is 0.0636 e. The van der Waals surface area contributed by atoms with Crippen molar-refractivity contribution in [3.63, 3.8) is 0 Å². The summed E-state index contributed by atoms with van der Waals surface area (Å²) in [5.74, 6) is 0. The van der Waals surface area contributed by atoms with Gasteiger partial charge < -0.3 is 4.40 Å². The standard InChI is InChI=1S/C9H10N2/c1-7-8(2)11-5-3-4-9(11)6-10-7/h3-6H,1-2H3. The minimum absolute atomic E-state index is 1.09. The van der Waals surface area contributed by atoms with E-state index in [-0.39, 0.29) is 0 Å². The molecule has 0 N–H and O–H groups in total. The second kappa shape index (κ2) is 2.09. The number of aromatic nitrogens is 2. The maximum absolute atomic E-state index is 4.26. The number of rotatable bonds is 0. The van der Waals surface area contributed by atoms with E-state index in [9.17, 15) is 0 Å². The zero-order valence-electron chi connectivity index (χ0n) is 6.70. The highest BCUT2D eigenvalue weighted by Gasteiger charge is 1.97. The number of hydrogen-bond donors (Lipinski definition) is 0. The van der Waals surface area contributed by atoms with Crippen LogP contribution < -0.4 is 0 Å². The fourth-order valence-corrected chi connectivity index (χ4v) is 1.24. The van der Waals surface area contributed by atoms with Gasteiger partial charge in [0.25, 0.3) is 0 Å². The largest absolute Gasteiger partial charge is 0.318 e. The normalized spacial score (nSPS) is 10.7. The van der Waals surface area contributed by atoms with E-state index in [0.29, 0.717) is 0 Å². The first kappa shape index (κ1) is 6.40. The zero-order chi connectivity index (χ0) is 7.84. The Bertz CT molecular complexity index is 387. The summed E-state index contributed by atoms with van der Waals surface area (Å²) < 4.78 is 2.14. The van der Waals surface area contributed by atoms with Crippen LogP contribution in [0.25, 0.3) is 5.52 Å². The molecule has 0 aliphatic rings. The van der Waals surface area contributed by atoms with Gasteiger partial charge in [-0.05, 0) is 26.0 Å². The summed E-state index contributed by atoms with van der Waals surface area (Å²) in [6.45, 7) is 4.10. The van der Waals surface area contributed by atoms with Crippen molar-refractivity contribution in [1.82, 2.24) is 9.38 Å². The zero-order valence-corrected chi connectivity index (χ0v) is 6.70. The van der Waals surface area contributed by atoms with Crippen molar-refractivity contribution in [2.24, 2.45) is 0 Å². The first-order valence-corrected chi connectivity index (χ1v) is 3.68. The monoisotopic (exact) mass is 146 g/mol. The highest BCUT2D eigenvalue weighted by molar-refractivity contribution is 5.46. The third-order valence-electron chi connectivity index (χ3n) is 2.06. The van der Waals surface area contributed by atoms with Gasteiger partial charge in [0.15, 0.2) is 0 Å². The number of nitrogens with zero attached hydrogens (tertiary/aromatic N) is 2. The second-order valence-electron chi connectivity index (χ2n) is 2.73. The molecule has 0 amide bonds. The van der Waals surface area contributed by atoms with E-state index in [1.165, 1.54) is 5.69 Å². The molecule has 0 aliphatic carbocycles. The topological polar surface area (TPSA) is 17.3 Å². The van der Waals surface area contributed by atoms with Crippen molar-refractivity contribution in [2.45, 2.75) is 13.8 Å². The van der Waals surface area contributed by atoms with Gasteiger partial charge >= 0.3 is 0 Å². The van der Waals surface area contributed by atoms with Gasteiger partial charge in [-0.3, -0.25) is 4.98 Å². The van der Waals surface area contributed by atoms with E-state index in [1.54, 1.807) is 0 Å². The van der Waals surface area contributed by atoms with Crippen LogP contribution in [0.5, 0.6) is 0 Å². The second-order valence-corrected chi connectivity index (χ2v) is 2.73. The molecular weight excluding hydrogens is 136 g/mol. The van der Waals surface area contributed by atoms with Crippen molar-refractivity contribution in [1.29, 1.82) is 0 Å². The van der Waals surface area contributed by atoms with Crippen molar-refractivity contribution in [3.05, 3.63) is 35.9 Å². The maximum atomic E-state index is 4.26. The lowest BCUT2D eigenvalue weighted by molar-refractivity contribution is 1.01. The summed E-state index contributed by atoms with van der Waals surface area (Å²) in [4.78, 5) is 4.26. The summed E-state index contributed by atoms with van der Waals surface area (Å²) in [5, 5.41) is 0. The molecule has 0 saturated heterocycles. The van der Waals surface area contributed by atoms with Crippen LogP contribution in [0.2, 0.25) is 0 Å². The third-order valence-corrected chi connectivity index (χ3v) is 2.06. The molecule has 2 rings (SSSR count). The van der Waals surface area contributed by atoms with E-state index in [1.807, 2.05) is 19.2 Å². The number of fused-ring (bicyclic) bond motifs is 1. The molecular formula is C9H10N2. The summed E-state index contributed by atoms with van der Waals surface area (Å²) in [7, 11) is 0. The molecule has 2 heteroatoms. The Morgan fingerprint density at radius 3 is 3.00 bits per heavy atom. The average Bonchev–Trinajstić information content (AvgIpc) is 2.45. The van der Waals surface area contributed by atoms with Crippen LogP contribution in [0.1, 0.15) is 11.4 Å². The molecule has 0 unspecified atom stereocenters. The summed E-state index contributed by atoms with van der Waals surface area (Å²) >= 11 is 0. The van der Waals surface area contributed by atoms with Crippen LogP contribution in [0.15, 0.2) is 24.5 Å². The fraction of sp³-hybridized carbons (Fsp3) is 0.222. The van der Waals surface area contributed by atoms with Crippen molar-refractivity contribution < 1.29 is 0 Å². The number of hydrogen-bond acceptors (Lipinski definition) is 1. The molecule has 0 atom stereocenters. The summed E-state index contributed by atoms with van der Waals surface area (Å²) in [6, 6.07) is 4.09. The molecule has 0 saturated carbocycles. The molecule has 11 heavy (non-hydrogen) atoms. The van der Waals surface area contributed by atoms with Gasteiger partial charge in [0.05, 0.1) is 17.4 Å². The van der Waals surface area contributed by atoms with Gasteiger partial charge in [-0.1, -0.05) is 0 Å². The first-order chi connectivity index (χ1) is 5.29. The Balaban J connectivity index is 2.93. The van der Waals surface area contributed by atoms with Gasteiger partial charge in [0.2, 0.25) is 0 Å². The van der Waals surface area contributed by atoms with Crippen molar-refractivity contribution in [3.8, 4) is 0 Å². The van der Waals surface area contributed by atoms with Crippen LogP contribution in [0.3, 0.4) is 0 Å². The van der Waals surface area contributed by atoms with Gasteiger partial charge in [-0.15, -0.1) is 0 Å². The lowest BCUT2D eigenvalue weighted by atomic mass is 10.3. The predicted molar refractivity (Wildman–Crippen MR) is 44.7 cm³/mol. The quantitative estimate of drug-likeness (QED) is 0.555. The fourth-order valence-electron chi connectivity index (χ4n) is 1.24. The summed E-state index contributed by atoms with van der Waals surface area (Å²) in [5.41, 5.74) is 3.47. The lowest BCUT2D eigenvalue weighted by Crippen LogP contribution is -1.94. The minimum Gasteiger partial charge on any atom is -0.318 e. The molecule has 2 aromatic rings. The van der Waals surface area contributed by atoms with Gasteiger partial charge in [0, 0.05) is 11.9 Å². The molecule has 0 bridgehead atoms. The van der Waals surface area contributed by atoms with E-state index in [2.05, 4.69) is 28.6 Å². The van der Waals surface area contributed by atoms with Crippen molar-refractivity contribution >= 4 is 5.52 Å². The Morgan fingerprint density at radius 1 is 1.36 bits per heavy atom. The molecule has 2 heterocycles. The van der Waals surface area contributed by atoms with Gasteiger partial charge in [-0.2, -0.15) is 0 Å². The molecule has 0 aromatic carbocycles. The van der Waals surface area contributed by atoms with Crippen LogP contribution in [0, 0.1) is 13.8 Å². The Hall–Kier alpha value is -1.31. The Morgan fingerprint density at radius 2 is 2.18 bits per heavy atom. The number of aryl methyl sites for hydroxylation is 2. The van der Waals surface area contributed by atoms with E-state index in [0.717, 1.165) is 11.2 Å². The molecule has 56 valence electrons. The Labute approximate surface area is 65.5 Å². The van der Waals surface area contributed by atoms with E-state index >= 15 is 0 Å². The lowest BCUT2D eigenvalue weighted by Gasteiger charge is -2.02. The van der Waals surface area contributed by atoms with Crippen LogP contribution in [0.4, 0.5) is 0 Å². The Kier molecular flexibility index (Phi) is 1.22. The van der Waals surface area contributed by atoms with Gasteiger partial charge in [-0.25, -0.2) is 0 Å².